The van der Waals surface area contributed by atoms with Crippen LogP contribution in [0.3, 0.4) is 0 Å². The lowest BCUT2D eigenvalue weighted by atomic mass is 10.1. The number of nitrogens with zero attached hydrogens (tertiary/aromatic N) is 3. The van der Waals surface area contributed by atoms with E-state index in [0.29, 0.717) is 6.54 Å². The summed E-state index contributed by atoms with van der Waals surface area (Å²) in [6, 6.07) is 5.31. The van der Waals surface area contributed by atoms with Gasteiger partial charge in [0, 0.05) is 39.3 Å². The Bertz CT molecular complexity index is 442. The van der Waals surface area contributed by atoms with Gasteiger partial charge in [-0.2, -0.15) is 0 Å². The van der Waals surface area contributed by atoms with Gasteiger partial charge in [0.2, 0.25) is 0 Å². The molecule has 0 aliphatic carbocycles. The van der Waals surface area contributed by atoms with Crippen LogP contribution in [0.5, 0.6) is 0 Å². The molecule has 1 aromatic rings. The first-order chi connectivity index (χ1) is 10.1. The maximum atomic E-state index is 14.2. The van der Waals surface area contributed by atoms with Gasteiger partial charge in [-0.3, -0.25) is 4.90 Å². The number of benzene rings is 1. The van der Waals surface area contributed by atoms with Gasteiger partial charge in [-0.15, -0.1) is 0 Å². The molecule has 0 amide bonds. The smallest absolute Gasteiger partial charge is 0.146 e. The van der Waals surface area contributed by atoms with Crippen LogP contribution < -0.4 is 10.6 Å². The Kier molecular flexibility index (Phi) is 5.96. The van der Waals surface area contributed by atoms with E-state index in [1.807, 2.05) is 6.07 Å². The van der Waals surface area contributed by atoms with Crippen molar-refractivity contribution in [2.24, 2.45) is 5.73 Å². The summed E-state index contributed by atoms with van der Waals surface area (Å²) in [6.07, 6.45) is 0.730. The van der Waals surface area contributed by atoms with Crippen LogP contribution in [0.4, 0.5) is 10.1 Å². The van der Waals surface area contributed by atoms with Crippen LogP contribution in [-0.4, -0.2) is 69.7 Å². The van der Waals surface area contributed by atoms with Crippen molar-refractivity contribution in [3.05, 3.63) is 29.6 Å². The zero-order valence-electron chi connectivity index (χ0n) is 13.2. The van der Waals surface area contributed by atoms with E-state index < -0.39 is 0 Å². The Morgan fingerprint density at radius 1 is 1.19 bits per heavy atom. The highest BCUT2D eigenvalue weighted by Gasteiger charge is 2.21. The van der Waals surface area contributed by atoms with Crippen molar-refractivity contribution in [2.75, 3.05) is 64.8 Å². The maximum Gasteiger partial charge on any atom is 0.146 e. The Morgan fingerprint density at radius 2 is 1.90 bits per heavy atom. The summed E-state index contributed by atoms with van der Waals surface area (Å²) in [4.78, 5) is 6.81. The molecule has 1 aliphatic rings. The average Bonchev–Trinajstić information content (AvgIpc) is 2.46. The molecule has 5 heteroatoms. The van der Waals surface area contributed by atoms with Gasteiger partial charge in [-0.25, -0.2) is 4.39 Å². The summed E-state index contributed by atoms with van der Waals surface area (Å²) in [6.45, 7) is 6.44. The van der Waals surface area contributed by atoms with Crippen molar-refractivity contribution in [3.63, 3.8) is 0 Å². The van der Waals surface area contributed by atoms with Crippen molar-refractivity contribution < 1.29 is 4.39 Å². The molecular weight excluding hydrogens is 267 g/mol. The fraction of sp³-hybridized carbons (Fsp3) is 0.625. The van der Waals surface area contributed by atoms with E-state index in [2.05, 4.69) is 28.8 Å². The molecule has 0 atom stereocenters. The van der Waals surface area contributed by atoms with E-state index in [1.165, 1.54) is 0 Å². The van der Waals surface area contributed by atoms with Crippen molar-refractivity contribution in [2.45, 2.75) is 6.42 Å². The summed E-state index contributed by atoms with van der Waals surface area (Å²) in [5, 5.41) is 0. The number of piperazine rings is 1. The Balaban J connectivity index is 1.99. The summed E-state index contributed by atoms with van der Waals surface area (Å²) in [5.74, 6) is -0.123. The van der Waals surface area contributed by atoms with E-state index in [1.54, 1.807) is 12.1 Å². The van der Waals surface area contributed by atoms with Crippen LogP contribution in [0.25, 0.3) is 0 Å². The van der Waals surface area contributed by atoms with Crippen LogP contribution in [-0.2, 0) is 6.42 Å². The van der Waals surface area contributed by atoms with Gasteiger partial charge >= 0.3 is 0 Å². The predicted molar refractivity (Wildman–Crippen MR) is 86.4 cm³/mol. The van der Waals surface area contributed by atoms with Crippen LogP contribution in [0.1, 0.15) is 5.56 Å². The third-order valence-corrected chi connectivity index (χ3v) is 4.04. The van der Waals surface area contributed by atoms with Gasteiger partial charge in [-0.1, -0.05) is 12.1 Å². The highest BCUT2D eigenvalue weighted by atomic mass is 19.1. The molecule has 1 heterocycles. The summed E-state index contributed by atoms with van der Waals surface area (Å²) in [5.41, 5.74) is 7.43. The molecule has 1 saturated heterocycles. The first kappa shape index (κ1) is 16.2. The lowest BCUT2D eigenvalue weighted by Gasteiger charge is -2.37. The second-order valence-electron chi connectivity index (χ2n) is 5.92. The molecule has 0 bridgehead atoms. The Hall–Kier alpha value is -1.17. The van der Waals surface area contributed by atoms with Gasteiger partial charge in [0.05, 0.1) is 5.69 Å². The van der Waals surface area contributed by atoms with E-state index in [-0.39, 0.29) is 5.82 Å². The quantitative estimate of drug-likeness (QED) is 0.849. The fourth-order valence-electron chi connectivity index (χ4n) is 2.81. The second kappa shape index (κ2) is 7.73. The number of likely N-dealkylation sites (N-methyl/N-ethyl adjacent to an activating group) is 1. The van der Waals surface area contributed by atoms with Gasteiger partial charge in [0.1, 0.15) is 5.82 Å². The van der Waals surface area contributed by atoms with Gasteiger partial charge < -0.3 is 15.5 Å². The van der Waals surface area contributed by atoms with Gasteiger partial charge in [0.15, 0.2) is 0 Å². The second-order valence-corrected chi connectivity index (χ2v) is 5.92. The molecule has 0 radical (unpaired) electrons. The largest absolute Gasteiger partial charge is 0.366 e. The molecular formula is C16H27FN4. The molecule has 0 unspecified atom stereocenters. The average molecular weight is 294 g/mol. The molecule has 0 saturated carbocycles. The van der Waals surface area contributed by atoms with Gasteiger partial charge in [-0.05, 0) is 38.7 Å². The molecule has 2 rings (SSSR count). The summed E-state index contributed by atoms with van der Waals surface area (Å²) >= 11 is 0. The number of rotatable bonds is 6. The number of nitrogens with two attached hydrogens (primary N) is 1. The summed E-state index contributed by atoms with van der Waals surface area (Å²) < 4.78 is 14.2. The highest BCUT2D eigenvalue weighted by molar-refractivity contribution is 5.55. The molecule has 21 heavy (non-hydrogen) atoms. The van der Waals surface area contributed by atoms with Gasteiger partial charge in [0.25, 0.3) is 0 Å². The standard InChI is InChI=1S/C16H27FN4/c1-19(2)8-9-20-10-12-21(13-11-20)16-14(6-7-18)4-3-5-15(16)17/h3-5H,6-13,18H2,1-2H3. The minimum atomic E-state index is -0.123. The van der Waals surface area contributed by atoms with Crippen LogP contribution >= 0.6 is 0 Å². The van der Waals surface area contributed by atoms with Crippen LogP contribution in [0.15, 0.2) is 18.2 Å². The zero-order valence-corrected chi connectivity index (χ0v) is 13.2. The van der Waals surface area contributed by atoms with Crippen molar-refractivity contribution in [3.8, 4) is 0 Å². The Labute approximate surface area is 127 Å². The SMILES string of the molecule is CN(C)CCN1CCN(c2c(F)cccc2CCN)CC1. The number of anilines is 1. The first-order valence-electron chi connectivity index (χ1n) is 7.71. The van der Waals surface area contributed by atoms with E-state index >= 15 is 0 Å². The lowest BCUT2D eigenvalue weighted by Crippen LogP contribution is -2.48. The van der Waals surface area contributed by atoms with E-state index in [9.17, 15) is 4.39 Å². The molecule has 118 valence electrons. The lowest BCUT2D eigenvalue weighted by molar-refractivity contribution is 0.229. The first-order valence-corrected chi connectivity index (χ1v) is 7.71. The minimum Gasteiger partial charge on any atom is -0.366 e. The van der Waals surface area contributed by atoms with E-state index in [4.69, 9.17) is 5.73 Å². The zero-order chi connectivity index (χ0) is 15.2. The normalized spacial score (nSPS) is 16.7. The molecule has 4 nitrogen and oxygen atoms in total. The number of para-hydroxylation sites is 1. The number of hydrogen-bond acceptors (Lipinski definition) is 4. The molecule has 1 aliphatic heterocycles. The van der Waals surface area contributed by atoms with Crippen LogP contribution in [0.2, 0.25) is 0 Å². The summed E-state index contributed by atoms with van der Waals surface area (Å²) in [7, 11) is 4.18. The predicted octanol–water partition coefficient (Wildman–Crippen LogP) is 1.01. The molecule has 0 aromatic heterocycles. The molecule has 0 spiro atoms. The maximum absolute atomic E-state index is 14.2. The highest BCUT2D eigenvalue weighted by Crippen LogP contribution is 2.26. The molecule has 2 N–H and O–H groups in total. The van der Waals surface area contributed by atoms with Crippen molar-refractivity contribution in [1.29, 1.82) is 0 Å². The third-order valence-electron chi connectivity index (χ3n) is 4.04. The Morgan fingerprint density at radius 3 is 2.52 bits per heavy atom. The number of hydrogen-bond donors (Lipinski definition) is 1. The topological polar surface area (TPSA) is 35.7 Å². The van der Waals surface area contributed by atoms with Crippen molar-refractivity contribution >= 4 is 5.69 Å². The van der Waals surface area contributed by atoms with E-state index in [0.717, 1.165) is 56.9 Å². The number of halogens is 1. The molecule has 1 aromatic carbocycles. The monoisotopic (exact) mass is 294 g/mol. The van der Waals surface area contributed by atoms with Crippen LogP contribution in [0, 0.1) is 5.82 Å². The molecule has 1 fully saturated rings. The van der Waals surface area contributed by atoms with Crippen molar-refractivity contribution in [1.82, 2.24) is 9.80 Å². The fourth-order valence-corrected chi connectivity index (χ4v) is 2.81. The third kappa shape index (κ3) is 4.40. The minimum absolute atomic E-state index is 0.123.